The van der Waals surface area contributed by atoms with E-state index in [4.69, 9.17) is 21.9 Å². The van der Waals surface area contributed by atoms with E-state index in [0.29, 0.717) is 11.4 Å². The smallest absolute Gasteiger partial charge is 0.105 e. The molecule has 2 aromatic heterocycles. The second-order valence-corrected chi connectivity index (χ2v) is 5.14. The van der Waals surface area contributed by atoms with Crippen molar-refractivity contribution in [1.29, 1.82) is 0 Å². The average Bonchev–Trinajstić information content (AvgIpc) is 2.79. The number of rotatable bonds is 4. The monoisotopic (exact) mass is 282 g/mol. The highest BCUT2D eigenvalue weighted by atomic mass is 35.5. The highest BCUT2D eigenvalue weighted by molar-refractivity contribution is 6.31. The second-order valence-electron chi connectivity index (χ2n) is 4.76. The molecule has 6 heteroatoms. The lowest BCUT2D eigenvalue weighted by Crippen LogP contribution is -2.30. The normalized spacial score (nSPS) is 12.9. The molecular weight excluding hydrogens is 264 g/mol. The number of furan rings is 1. The van der Waals surface area contributed by atoms with Gasteiger partial charge in [0.1, 0.15) is 11.5 Å². The van der Waals surface area contributed by atoms with Gasteiger partial charge in [-0.05, 0) is 26.8 Å². The minimum atomic E-state index is -0.0512. The van der Waals surface area contributed by atoms with E-state index >= 15 is 0 Å². The van der Waals surface area contributed by atoms with E-state index in [0.717, 1.165) is 28.5 Å². The molecule has 0 fully saturated rings. The molecule has 2 rings (SSSR count). The minimum absolute atomic E-state index is 0.0512. The molecule has 2 aromatic rings. The zero-order valence-electron chi connectivity index (χ0n) is 11.6. The zero-order chi connectivity index (χ0) is 14.2. The molecule has 0 aliphatic heterocycles. The van der Waals surface area contributed by atoms with Gasteiger partial charge in [0.2, 0.25) is 0 Å². The third kappa shape index (κ3) is 2.68. The number of hydrogen-bond acceptors (Lipinski definition) is 4. The Morgan fingerprint density at radius 2 is 2.16 bits per heavy atom. The Morgan fingerprint density at radius 1 is 1.47 bits per heavy atom. The summed E-state index contributed by atoms with van der Waals surface area (Å²) in [7, 11) is 1.88. The van der Waals surface area contributed by atoms with E-state index in [1.807, 2.05) is 33.9 Å². The summed E-state index contributed by atoms with van der Waals surface area (Å²) in [4.78, 5) is 0. The number of aromatic nitrogens is 2. The summed E-state index contributed by atoms with van der Waals surface area (Å²) < 4.78 is 7.35. The van der Waals surface area contributed by atoms with Crippen molar-refractivity contribution in [3.8, 4) is 0 Å². The third-order valence-corrected chi connectivity index (χ3v) is 3.81. The van der Waals surface area contributed by atoms with Crippen LogP contribution in [0.15, 0.2) is 10.5 Å². The molecule has 0 aromatic carbocycles. The standard InChI is InChI=1S/C13H19ClN4O/c1-7-5-10(9(3)19-7)11(16-15)6-12-13(14)8(2)17-18(12)4/h5,11,16H,6,15H2,1-4H3. The van der Waals surface area contributed by atoms with Crippen molar-refractivity contribution in [2.45, 2.75) is 33.2 Å². The molecule has 0 saturated heterocycles. The highest BCUT2D eigenvalue weighted by Gasteiger charge is 2.20. The van der Waals surface area contributed by atoms with Crippen LogP contribution in [0.4, 0.5) is 0 Å². The third-order valence-electron chi connectivity index (χ3n) is 3.32. The maximum atomic E-state index is 6.27. The van der Waals surface area contributed by atoms with E-state index in [1.54, 1.807) is 4.68 Å². The van der Waals surface area contributed by atoms with Crippen LogP contribution in [0.1, 0.15) is 34.5 Å². The number of halogens is 1. The van der Waals surface area contributed by atoms with Crippen molar-refractivity contribution < 1.29 is 4.42 Å². The van der Waals surface area contributed by atoms with Crippen LogP contribution >= 0.6 is 11.6 Å². The van der Waals surface area contributed by atoms with Gasteiger partial charge in [0, 0.05) is 19.0 Å². The second kappa shape index (κ2) is 5.36. The molecule has 104 valence electrons. The van der Waals surface area contributed by atoms with Crippen molar-refractivity contribution in [2.75, 3.05) is 0 Å². The van der Waals surface area contributed by atoms with Gasteiger partial charge in [-0.15, -0.1) is 0 Å². The zero-order valence-corrected chi connectivity index (χ0v) is 12.4. The van der Waals surface area contributed by atoms with Crippen molar-refractivity contribution in [3.05, 3.63) is 39.6 Å². The fraction of sp³-hybridized carbons (Fsp3) is 0.462. The van der Waals surface area contributed by atoms with E-state index < -0.39 is 0 Å². The van der Waals surface area contributed by atoms with Crippen molar-refractivity contribution in [3.63, 3.8) is 0 Å². The van der Waals surface area contributed by atoms with Crippen molar-refractivity contribution >= 4 is 11.6 Å². The predicted molar refractivity (Wildman–Crippen MR) is 74.9 cm³/mol. The molecule has 0 aliphatic rings. The first-order valence-corrected chi connectivity index (χ1v) is 6.52. The number of nitrogens with two attached hydrogens (primary N) is 1. The topological polar surface area (TPSA) is 69.0 Å². The van der Waals surface area contributed by atoms with Crippen LogP contribution < -0.4 is 11.3 Å². The fourth-order valence-electron chi connectivity index (χ4n) is 2.35. The molecule has 19 heavy (non-hydrogen) atoms. The van der Waals surface area contributed by atoms with Gasteiger partial charge in [-0.1, -0.05) is 11.6 Å². The lowest BCUT2D eigenvalue weighted by Gasteiger charge is -2.15. The van der Waals surface area contributed by atoms with Gasteiger partial charge >= 0.3 is 0 Å². The van der Waals surface area contributed by atoms with E-state index in [2.05, 4.69) is 10.5 Å². The molecule has 0 saturated carbocycles. The van der Waals surface area contributed by atoms with Crippen LogP contribution in [-0.2, 0) is 13.5 Å². The molecular formula is C13H19ClN4O. The minimum Gasteiger partial charge on any atom is -0.466 e. The SMILES string of the molecule is Cc1cc(C(Cc2c(Cl)c(C)nn2C)NN)c(C)o1. The Kier molecular flexibility index (Phi) is 3.99. The largest absolute Gasteiger partial charge is 0.466 e. The summed E-state index contributed by atoms with van der Waals surface area (Å²) in [6.07, 6.45) is 0.659. The fourth-order valence-corrected chi connectivity index (χ4v) is 2.59. The lowest BCUT2D eigenvalue weighted by molar-refractivity contribution is 0.480. The summed E-state index contributed by atoms with van der Waals surface area (Å²) in [5, 5.41) is 5.01. The molecule has 0 bridgehead atoms. The van der Waals surface area contributed by atoms with Gasteiger partial charge < -0.3 is 4.42 Å². The van der Waals surface area contributed by atoms with Crippen LogP contribution in [0, 0.1) is 20.8 Å². The summed E-state index contributed by atoms with van der Waals surface area (Å²) >= 11 is 6.27. The van der Waals surface area contributed by atoms with Gasteiger partial charge in [0.15, 0.2) is 0 Å². The van der Waals surface area contributed by atoms with Crippen LogP contribution in [0.2, 0.25) is 5.02 Å². The summed E-state index contributed by atoms with van der Waals surface area (Å²) in [6, 6.07) is 1.95. The number of nitrogens with one attached hydrogen (secondary N) is 1. The van der Waals surface area contributed by atoms with Gasteiger partial charge in [0.05, 0.1) is 22.5 Å². The number of hydrazine groups is 1. The van der Waals surface area contributed by atoms with Gasteiger partial charge in [-0.2, -0.15) is 5.10 Å². The van der Waals surface area contributed by atoms with Gasteiger partial charge in [-0.25, -0.2) is 0 Å². The molecule has 0 radical (unpaired) electrons. The molecule has 1 atom stereocenters. The van der Waals surface area contributed by atoms with Crippen molar-refractivity contribution in [2.24, 2.45) is 12.9 Å². The predicted octanol–water partition coefficient (Wildman–Crippen LogP) is 2.34. The quantitative estimate of drug-likeness (QED) is 0.667. The van der Waals surface area contributed by atoms with Crippen LogP contribution in [0.25, 0.3) is 0 Å². The summed E-state index contributed by atoms with van der Waals surface area (Å²) in [6.45, 7) is 5.75. The number of hydrogen-bond donors (Lipinski definition) is 2. The van der Waals surface area contributed by atoms with E-state index in [9.17, 15) is 0 Å². The molecule has 2 heterocycles. The summed E-state index contributed by atoms with van der Waals surface area (Å²) in [5.41, 5.74) is 5.66. The summed E-state index contributed by atoms with van der Waals surface area (Å²) in [5.74, 6) is 7.42. The van der Waals surface area contributed by atoms with Crippen LogP contribution in [0.5, 0.6) is 0 Å². The Balaban J connectivity index is 2.31. The highest BCUT2D eigenvalue weighted by Crippen LogP contribution is 2.28. The molecule has 3 N–H and O–H groups in total. The number of nitrogens with zero attached hydrogens (tertiary/aromatic N) is 2. The maximum Gasteiger partial charge on any atom is 0.105 e. The van der Waals surface area contributed by atoms with Crippen LogP contribution in [0.3, 0.4) is 0 Å². The van der Waals surface area contributed by atoms with Gasteiger partial charge in [0.25, 0.3) is 0 Å². The van der Waals surface area contributed by atoms with E-state index in [1.165, 1.54) is 0 Å². The van der Waals surface area contributed by atoms with E-state index in [-0.39, 0.29) is 6.04 Å². The molecule has 0 spiro atoms. The Hall–Kier alpha value is -1.30. The molecule has 1 unspecified atom stereocenters. The first-order chi connectivity index (χ1) is 8.93. The van der Waals surface area contributed by atoms with Gasteiger partial charge in [-0.3, -0.25) is 16.0 Å². The average molecular weight is 283 g/mol. The lowest BCUT2D eigenvalue weighted by atomic mass is 10.0. The van der Waals surface area contributed by atoms with Crippen LogP contribution in [-0.4, -0.2) is 9.78 Å². The molecule has 0 aliphatic carbocycles. The number of aryl methyl sites for hydroxylation is 4. The Labute approximate surface area is 117 Å². The maximum absolute atomic E-state index is 6.27. The first-order valence-electron chi connectivity index (χ1n) is 6.15. The Bertz CT molecular complexity index is 588. The van der Waals surface area contributed by atoms with Crippen molar-refractivity contribution in [1.82, 2.24) is 15.2 Å². The Morgan fingerprint density at radius 3 is 2.58 bits per heavy atom. The molecule has 5 nitrogen and oxygen atoms in total. The molecule has 0 amide bonds. The first kappa shape index (κ1) is 14.1.